The summed E-state index contributed by atoms with van der Waals surface area (Å²) in [6, 6.07) is 0. The smallest absolute Gasteiger partial charge is 0.282 e. The Balaban J connectivity index is 1.45. The van der Waals surface area contributed by atoms with Crippen LogP contribution in [0.15, 0.2) is 0 Å². The lowest BCUT2D eigenvalue weighted by Gasteiger charge is -2.39. The number of nitrogens with one attached hydrogen (secondary N) is 1. The molecule has 168 valence electrons. The molecule has 1 N–H and O–H groups in total. The molecule has 3 saturated heterocycles. The second kappa shape index (κ2) is 10.5. The molecule has 1 amide bonds. The highest BCUT2D eigenvalue weighted by Crippen LogP contribution is 2.27. The lowest BCUT2D eigenvalue weighted by Crippen LogP contribution is -2.53. The van der Waals surface area contributed by atoms with Crippen LogP contribution in [0.2, 0.25) is 0 Å². The first-order valence-electron chi connectivity index (χ1n) is 11.2. The second-order valence-electron chi connectivity index (χ2n) is 9.07. The Labute approximate surface area is 176 Å². The van der Waals surface area contributed by atoms with E-state index < -0.39 is 10.2 Å². The molecule has 0 saturated carbocycles. The van der Waals surface area contributed by atoms with Gasteiger partial charge in [0.25, 0.3) is 10.2 Å². The van der Waals surface area contributed by atoms with E-state index in [2.05, 4.69) is 24.1 Å². The van der Waals surface area contributed by atoms with Crippen molar-refractivity contribution in [3.8, 4) is 0 Å². The highest BCUT2D eigenvalue weighted by molar-refractivity contribution is 7.86. The average molecular weight is 431 g/mol. The zero-order valence-corrected chi connectivity index (χ0v) is 18.8. The van der Waals surface area contributed by atoms with E-state index in [1.165, 1.54) is 0 Å². The van der Waals surface area contributed by atoms with Crippen molar-refractivity contribution in [1.82, 2.24) is 18.8 Å². The lowest BCUT2D eigenvalue weighted by molar-refractivity contribution is -0.126. The zero-order valence-electron chi connectivity index (χ0n) is 18.0. The number of hydrogen-bond acceptors (Lipinski definition) is 5. The summed E-state index contributed by atoms with van der Waals surface area (Å²) >= 11 is 0. The van der Waals surface area contributed by atoms with Gasteiger partial charge >= 0.3 is 0 Å². The number of rotatable bonds is 7. The summed E-state index contributed by atoms with van der Waals surface area (Å²) in [6.45, 7) is 11.3. The van der Waals surface area contributed by atoms with Gasteiger partial charge in [0.15, 0.2) is 0 Å². The van der Waals surface area contributed by atoms with Crippen molar-refractivity contribution in [2.45, 2.75) is 39.5 Å². The van der Waals surface area contributed by atoms with Crippen molar-refractivity contribution in [3.05, 3.63) is 0 Å². The van der Waals surface area contributed by atoms with Crippen molar-refractivity contribution in [3.63, 3.8) is 0 Å². The molecule has 3 aliphatic heterocycles. The van der Waals surface area contributed by atoms with Crippen molar-refractivity contribution in [1.29, 1.82) is 0 Å². The number of carbonyl (C=O) groups is 1. The van der Waals surface area contributed by atoms with E-state index in [0.29, 0.717) is 44.6 Å². The van der Waals surface area contributed by atoms with Gasteiger partial charge in [-0.3, -0.25) is 9.69 Å². The summed E-state index contributed by atoms with van der Waals surface area (Å²) < 4.78 is 34.8. The molecule has 0 radical (unpaired) electrons. The molecule has 9 heteroatoms. The number of nitrogens with zero attached hydrogens (tertiary/aromatic N) is 3. The Morgan fingerprint density at radius 2 is 1.72 bits per heavy atom. The molecule has 0 aliphatic carbocycles. The molecular formula is C20H38N4O4S. The maximum atomic E-state index is 13.1. The summed E-state index contributed by atoms with van der Waals surface area (Å²) in [6.07, 6.45) is 3.48. The topological polar surface area (TPSA) is 82.2 Å². The monoisotopic (exact) mass is 430 g/mol. The van der Waals surface area contributed by atoms with Crippen molar-refractivity contribution >= 4 is 16.1 Å². The van der Waals surface area contributed by atoms with Gasteiger partial charge in [0, 0.05) is 45.8 Å². The predicted molar refractivity (Wildman–Crippen MR) is 113 cm³/mol. The molecule has 0 bridgehead atoms. The quantitative estimate of drug-likeness (QED) is 0.603. The van der Waals surface area contributed by atoms with Gasteiger partial charge in [-0.25, -0.2) is 0 Å². The Kier molecular flexibility index (Phi) is 8.32. The Hall–Kier alpha value is -0.740. The van der Waals surface area contributed by atoms with E-state index in [9.17, 15) is 13.2 Å². The molecule has 3 aliphatic rings. The van der Waals surface area contributed by atoms with Gasteiger partial charge in [-0.05, 0) is 44.1 Å². The summed E-state index contributed by atoms with van der Waals surface area (Å²) in [4.78, 5) is 15.0. The molecule has 0 aromatic rings. The molecule has 0 unspecified atom stereocenters. The number of morpholine rings is 1. The summed E-state index contributed by atoms with van der Waals surface area (Å²) in [5.74, 6) is 0.501. The van der Waals surface area contributed by atoms with Crippen molar-refractivity contribution < 1.29 is 17.9 Å². The van der Waals surface area contributed by atoms with Gasteiger partial charge in [-0.15, -0.1) is 0 Å². The summed E-state index contributed by atoms with van der Waals surface area (Å²) in [7, 11) is -3.49. The van der Waals surface area contributed by atoms with E-state index in [1.54, 1.807) is 8.61 Å². The highest BCUT2D eigenvalue weighted by atomic mass is 32.2. The van der Waals surface area contributed by atoms with Gasteiger partial charge in [-0.1, -0.05) is 13.8 Å². The van der Waals surface area contributed by atoms with Gasteiger partial charge in [0.05, 0.1) is 19.1 Å². The maximum Gasteiger partial charge on any atom is 0.282 e. The molecule has 3 fully saturated rings. The van der Waals surface area contributed by atoms with Crippen LogP contribution in [-0.2, 0) is 19.7 Å². The van der Waals surface area contributed by atoms with Crippen LogP contribution in [0.5, 0.6) is 0 Å². The molecule has 0 aromatic carbocycles. The van der Waals surface area contributed by atoms with Crippen LogP contribution >= 0.6 is 0 Å². The van der Waals surface area contributed by atoms with Crippen LogP contribution < -0.4 is 5.32 Å². The van der Waals surface area contributed by atoms with E-state index in [0.717, 1.165) is 58.5 Å². The fraction of sp³-hybridized carbons (Fsp3) is 0.950. The normalized spacial score (nSPS) is 30.9. The average Bonchev–Trinajstić information content (AvgIpc) is 2.71. The molecule has 3 rings (SSSR count). The van der Waals surface area contributed by atoms with Crippen LogP contribution in [-0.4, -0.2) is 93.4 Å². The van der Waals surface area contributed by atoms with Crippen molar-refractivity contribution in [2.75, 3.05) is 65.6 Å². The molecule has 8 nitrogen and oxygen atoms in total. The first kappa shape index (κ1) is 22.9. The van der Waals surface area contributed by atoms with Crippen LogP contribution in [0.1, 0.15) is 39.5 Å². The van der Waals surface area contributed by atoms with E-state index in [1.807, 2.05) is 0 Å². The molecule has 3 atom stereocenters. The third-order valence-corrected chi connectivity index (χ3v) is 8.23. The molecule has 3 heterocycles. The fourth-order valence-corrected chi connectivity index (χ4v) is 6.75. The van der Waals surface area contributed by atoms with Gasteiger partial charge < -0.3 is 10.1 Å². The Morgan fingerprint density at radius 3 is 2.41 bits per heavy atom. The van der Waals surface area contributed by atoms with Crippen LogP contribution in [0, 0.1) is 17.8 Å². The molecule has 0 aromatic heterocycles. The number of carbonyl (C=O) groups excluding carboxylic acids is 1. The van der Waals surface area contributed by atoms with Crippen molar-refractivity contribution in [2.24, 2.45) is 17.8 Å². The number of ether oxygens (including phenoxy) is 1. The molecular weight excluding hydrogens is 392 g/mol. The number of piperidine rings is 2. The summed E-state index contributed by atoms with van der Waals surface area (Å²) in [5, 5.41) is 3.03. The minimum absolute atomic E-state index is 0.00717. The van der Waals surface area contributed by atoms with Gasteiger partial charge in [0.2, 0.25) is 5.91 Å². The first-order chi connectivity index (χ1) is 13.9. The van der Waals surface area contributed by atoms with Gasteiger partial charge in [-0.2, -0.15) is 17.0 Å². The lowest BCUT2D eigenvalue weighted by atomic mass is 9.94. The SMILES string of the molecule is C[C@@H]1C[C@H](C)CN(S(=O)(=O)N2CCC[C@H](C(=O)NCCCN3CCOCC3)C2)C1. The second-order valence-corrected chi connectivity index (χ2v) is 11.0. The van der Waals surface area contributed by atoms with Crippen LogP contribution in [0.4, 0.5) is 0 Å². The first-order valence-corrected chi connectivity index (χ1v) is 12.6. The number of hydrogen-bond donors (Lipinski definition) is 1. The standard InChI is InChI=1S/C20H38N4O4S/c1-17-13-18(2)15-24(14-17)29(26,27)23-8-3-5-19(16-23)20(25)21-6-4-7-22-9-11-28-12-10-22/h17-19H,3-16H2,1-2H3,(H,21,25)/t17-,18+,19-/m0/s1. The molecule has 29 heavy (non-hydrogen) atoms. The van der Waals surface area contributed by atoms with Gasteiger partial charge in [0.1, 0.15) is 0 Å². The van der Waals surface area contributed by atoms with E-state index in [-0.39, 0.29) is 11.8 Å². The minimum Gasteiger partial charge on any atom is -0.379 e. The van der Waals surface area contributed by atoms with Crippen LogP contribution in [0.25, 0.3) is 0 Å². The minimum atomic E-state index is -3.49. The zero-order chi connectivity index (χ0) is 20.9. The highest BCUT2D eigenvalue weighted by Gasteiger charge is 2.38. The Morgan fingerprint density at radius 1 is 1.03 bits per heavy atom. The largest absolute Gasteiger partial charge is 0.379 e. The Bertz CT molecular complexity index is 628. The van der Waals surface area contributed by atoms with E-state index >= 15 is 0 Å². The summed E-state index contributed by atoms with van der Waals surface area (Å²) in [5.41, 5.74) is 0. The van der Waals surface area contributed by atoms with Crippen LogP contribution in [0.3, 0.4) is 0 Å². The fourth-order valence-electron chi connectivity index (χ4n) is 4.81. The van der Waals surface area contributed by atoms with E-state index in [4.69, 9.17) is 4.74 Å². The third-order valence-electron chi connectivity index (χ3n) is 6.30. The molecule has 0 spiro atoms. The number of amides is 1. The third kappa shape index (κ3) is 6.37. The predicted octanol–water partition coefficient (Wildman–Crippen LogP) is 0.760. The maximum absolute atomic E-state index is 13.1.